The molecule has 0 spiro atoms. The average Bonchev–Trinajstić information content (AvgIpc) is 2.94. The van der Waals surface area contributed by atoms with Crippen LogP contribution in [0.2, 0.25) is 0 Å². The van der Waals surface area contributed by atoms with E-state index in [-0.39, 0.29) is 12.1 Å². The maximum atomic E-state index is 13.7. The molecule has 0 fully saturated rings. The first kappa shape index (κ1) is 19.2. The van der Waals surface area contributed by atoms with Crippen LogP contribution in [0.3, 0.4) is 0 Å². The van der Waals surface area contributed by atoms with Gasteiger partial charge in [-0.2, -0.15) is 8.78 Å². The van der Waals surface area contributed by atoms with E-state index in [9.17, 15) is 18.0 Å². The number of hydrogen-bond acceptors (Lipinski definition) is 4. The SMILES string of the molecule is C=C1N=CC(CNC(=O)c2ccc(OC(F)F)c(F)c2)=C1/C=C\C=NC. The summed E-state index contributed by atoms with van der Waals surface area (Å²) < 4.78 is 41.9. The minimum atomic E-state index is -3.14. The molecule has 0 bridgehead atoms. The lowest BCUT2D eigenvalue weighted by Crippen LogP contribution is -2.26. The molecule has 5 nitrogen and oxygen atoms in total. The van der Waals surface area contributed by atoms with E-state index in [1.807, 2.05) is 0 Å². The molecule has 0 aromatic heterocycles. The molecule has 1 N–H and O–H groups in total. The van der Waals surface area contributed by atoms with E-state index in [2.05, 4.69) is 26.6 Å². The molecule has 1 aromatic rings. The van der Waals surface area contributed by atoms with Gasteiger partial charge < -0.3 is 10.1 Å². The average molecular weight is 363 g/mol. The van der Waals surface area contributed by atoms with Crippen LogP contribution in [0.4, 0.5) is 13.2 Å². The van der Waals surface area contributed by atoms with Crippen molar-refractivity contribution in [3.63, 3.8) is 0 Å². The summed E-state index contributed by atoms with van der Waals surface area (Å²) in [6, 6.07) is 3.01. The Morgan fingerprint density at radius 2 is 2.23 bits per heavy atom. The summed E-state index contributed by atoms with van der Waals surface area (Å²) >= 11 is 0. The van der Waals surface area contributed by atoms with Crippen LogP contribution in [-0.2, 0) is 0 Å². The van der Waals surface area contributed by atoms with Crippen LogP contribution < -0.4 is 10.1 Å². The Balaban J connectivity index is 2.07. The summed E-state index contributed by atoms with van der Waals surface area (Å²) in [5, 5.41) is 2.62. The topological polar surface area (TPSA) is 63.0 Å². The highest BCUT2D eigenvalue weighted by atomic mass is 19.3. The Morgan fingerprint density at radius 3 is 2.88 bits per heavy atom. The van der Waals surface area contributed by atoms with E-state index in [1.54, 1.807) is 31.6 Å². The number of allylic oxidation sites excluding steroid dienone is 2. The highest BCUT2D eigenvalue weighted by molar-refractivity contribution is 5.96. The Bertz CT molecular complexity index is 827. The third-order valence-corrected chi connectivity index (χ3v) is 3.38. The first-order valence-corrected chi connectivity index (χ1v) is 7.50. The number of rotatable bonds is 7. The Morgan fingerprint density at radius 1 is 1.46 bits per heavy atom. The Labute approximate surface area is 148 Å². The van der Waals surface area contributed by atoms with Crippen LogP contribution in [0.5, 0.6) is 5.75 Å². The van der Waals surface area contributed by atoms with Crippen LogP contribution in [0.1, 0.15) is 10.4 Å². The number of ether oxygens (including phenoxy) is 1. The molecule has 1 amide bonds. The van der Waals surface area contributed by atoms with E-state index in [1.165, 1.54) is 6.07 Å². The molecule has 1 heterocycles. The molecule has 8 heteroatoms. The molecule has 2 rings (SSSR count). The van der Waals surface area contributed by atoms with Crippen LogP contribution >= 0.6 is 0 Å². The number of amides is 1. The second-order valence-electron chi connectivity index (χ2n) is 5.12. The van der Waals surface area contributed by atoms with Gasteiger partial charge in [-0.25, -0.2) is 4.39 Å². The normalized spacial score (nSPS) is 14.3. The van der Waals surface area contributed by atoms with Crippen molar-refractivity contribution in [3.8, 4) is 5.75 Å². The molecule has 136 valence electrons. The van der Waals surface area contributed by atoms with E-state index >= 15 is 0 Å². The number of carbonyl (C=O) groups is 1. The minimum absolute atomic E-state index is 0.0197. The summed E-state index contributed by atoms with van der Waals surface area (Å²) in [5.41, 5.74) is 2.00. The fraction of sp³-hybridized carbons (Fsp3) is 0.167. The van der Waals surface area contributed by atoms with Crippen LogP contribution in [0.25, 0.3) is 0 Å². The van der Waals surface area contributed by atoms with Crippen molar-refractivity contribution >= 4 is 18.3 Å². The maximum absolute atomic E-state index is 13.7. The molecule has 0 saturated carbocycles. The van der Waals surface area contributed by atoms with Gasteiger partial charge in [-0.05, 0) is 29.8 Å². The van der Waals surface area contributed by atoms with Gasteiger partial charge in [-0.3, -0.25) is 14.8 Å². The molecule has 0 atom stereocenters. The van der Waals surface area contributed by atoms with Gasteiger partial charge in [0.2, 0.25) is 0 Å². The monoisotopic (exact) mass is 363 g/mol. The second-order valence-corrected chi connectivity index (χ2v) is 5.12. The number of nitrogens with one attached hydrogen (secondary N) is 1. The number of halogens is 3. The van der Waals surface area contributed by atoms with Gasteiger partial charge in [-0.1, -0.05) is 12.7 Å². The zero-order chi connectivity index (χ0) is 19.1. The maximum Gasteiger partial charge on any atom is 0.387 e. The Hall–Kier alpha value is -3.16. The van der Waals surface area contributed by atoms with Crippen LogP contribution in [0, 0.1) is 5.82 Å². The highest BCUT2D eigenvalue weighted by Crippen LogP contribution is 2.22. The lowest BCUT2D eigenvalue weighted by molar-refractivity contribution is -0.0521. The van der Waals surface area contributed by atoms with Crippen LogP contribution in [0.15, 0.2) is 63.8 Å². The van der Waals surface area contributed by atoms with E-state index < -0.39 is 24.1 Å². The largest absolute Gasteiger partial charge is 0.432 e. The van der Waals surface area contributed by atoms with Crippen LogP contribution in [-0.4, -0.2) is 38.5 Å². The van der Waals surface area contributed by atoms with Crippen molar-refractivity contribution in [1.82, 2.24) is 5.32 Å². The molecule has 26 heavy (non-hydrogen) atoms. The zero-order valence-electron chi connectivity index (χ0n) is 13.9. The van der Waals surface area contributed by atoms with Gasteiger partial charge in [0.1, 0.15) is 0 Å². The number of nitrogens with zero attached hydrogens (tertiary/aromatic N) is 2. The van der Waals surface area contributed by atoms with Crippen molar-refractivity contribution in [1.29, 1.82) is 0 Å². The van der Waals surface area contributed by atoms with E-state index in [4.69, 9.17) is 0 Å². The van der Waals surface area contributed by atoms with E-state index in [0.717, 1.165) is 23.3 Å². The predicted octanol–water partition coefficient (Wildman–Crippen LogP) is 3.31. The van der Waals surface area contributed by atoms with Gasteiger partial charge in [0.05, 0.1) is 5.70 Å². The fourth-order valence-electron chi connectivity index (χ4n) is 2.16. The smallest absolute Gasteiger partial charge is 0.387 e. The lowest BCUT2D eigenvalue weighted by atomic mass is 10.1. The summed E-state index contributed by atoms with van der Waals surface area (Å²) in [7, 11) is 1.64. The number of carbonyl (C=O) groups excluding carboxylic acids is 1. The van der Waals surface area contributed by atoms with E-state index in [0.29, 0.717) is 5.70 Å². The number of alkyl halides is 2. The zero-order valence-corrected chi connectivity index (χ0v) is 13.9. The molecular formula is C18H16F3N3O2. The predicted molar refractivity (Wildman–Crippen MR) is 93.6 cm³/mol. The minimum Gasteiger partial charge on any atom is -0.432 e. The van der Waals surface area contributed by atoms with Gasteiger partial charge in [0.25, 0.3) is 5.91 Å². The summed E-state index contributed by atoms with van der Waals surface area (Å²) in [4.78, 5) is 20.1. The molecule has 1 aliphatic heterocycles. The van der Waals surface area contributed by atoms with Gasteiger partial charge in [0.15, 0.2) is 11.6 Å². The quantitative estimate of drug-likeness (QED) is 0.756. The summed E-state index contributed by atoms with van der Waals surface area (Å²) in [6.07, 6.45) is 6.65. The van der Waals surface area contributed by atoms with Gasteiger partial charge >= 0.3 is 6.61 Å². The third-order valence-electron chi connectivity index (χ3n) is 3.38. The molecule has 0 radical (unpaired) electrons. The first-order chi connectivity index (χ1) is 12.4. The van der Waals surface area contributed by atoms with Gasteiger partial charge in [0, 0.05) is 37.2 Å². The molecule has 0 saturated heterocycles. The number of benzene rings is 1. The highest BCUT2D eigenvalue weighted by Gasteiger charge is 2.16. The van der Waals surface area contributed by atoms with Crippen molar-refractivity contribution in [3.05, 3.63) is 65.2 Å². The van der Waals surface area contributed by atoms with Crippen molar-refractivity contribution in [2.24, 2.45) is 9.98 Å². The second kappa shape index (κ2) is 8.80. The third kappa shape index (κ3) is 4.92. The fourth-order valence-corrected chi connectivity index (χ4v) is 2.16. The molecule has 1 aliphatic rings. The van der Waals surface area contributed by atoms with Crippen molar-refractivity contribution in [2.45, 2.75) is 6.61 Å². The van der Waals surface area contributed by atoms with Crippen molar-refractivity contribution in [2.75, 3.05) is 13.6 Å². The first-order valence-electron chi connectivity index (χ1n) is 7.50. The summed E-state index contributed by atoms with van der Waals surface area (Å²) in [6.45, 7) is 0.802. The standard InChI is InChI=1S/C18H16F3N3O2/c1-11-14(4-3-7-22-2)13(9-23-11)10-24-17(25)12-5-6-16(15(19)8-12)26-18(20)21/h3-9,18H,1,10H2,2H3,(H,24,25)/b4-3-,22-7?. The molecule has 0 aliphatic carbocycles. The lowest BCUT2D eigenvalue weighted by Gasteiger charge is -2.09. The summed E-state index contributed by atoms with van der Waals surface area (Å²) in [5.74, 6) is -2.23. The molecule has 0 unspecified atom stereocenters. The molecular weight excluding hydrogens is 347 g/mol. The molecule has 1 aromatic carbocycles. The number of hydrogen-bond donors (Lipinski definition) is 1. The Kier molecular flexibility index (Phi) is 6.48. The number of aliphatic imine (C=N–C) groups is 2. The van der Waals surface area contributed by atoms with Gasteiger partial charge in [-0.15, -0.1) is 0 Å². The van der Waals surface area contributed by atoms with Crippen molar-refractivity contribution < 1.29 is 22.7 Å².